The van der Waals surface area contributed by atoms with Crippen LogP contribution in [0, 0.1) is 0 Å². The highest BCUT2D eigenvalue weighted by Gasteiger charge is 2.32. The number of carbonyl (C=O) groups is 1. The summed E-state index contributed by atoms with van der Waals surface area (Å²) in [6, 6.07) is 15.5. The zero-order valence-corrected chi connectivity index (χ0v) is 21.0. The summed E-state index contributed by atoms with van der Waals surface area (Å²) < 4.78 is 6.26. The molecule has 0 bridgehead atoms. The summed E-state index contributed by atoms with van der Waals surface area (Å²) in [5.74, 6) is 1.08. The smallest absolute Gasteiger partial charge is 0.227 e. The van der Waals surface area contributed by atoms with Crippen molar-refractivity contribution in [3.63, 3.8) is 0 Å². The molecule has 0 spiro atoms. The zero-order valence-electron chi connectivity index (χ0n) is 19.3. The van der Waals surface area contributed by atoms with Gasteiger partial charge in [-0.15, -0.1) is 24.8 Å². The second-order valence-corrected chi connectivity index (χ2v) is 8.73. The molecule has 32 heavy (non-hydrogen) atoms. The van der Waals surface area contributed by atoms with E-state index < -0.39 is 0 Å². The second kappa shape index (κ2) is 11.3. The van der Waals surface area contributed by atoms with Gasteiger partial charge in [0.1, 0.15) is 5.75 Å². The number of hydrogen-bond donors (Lipinski definition) is 1. The van der Waals surface area contributed by atoms with Crippen LogP contribution in [0.3, 0.4) is 0 Å². The van der Waals surface area contributed by atoms with E-state index >= 15 is 0 Å². The minimum atomic E-state index is 0. The van der Waals surface area contributed by atoms with Crippen molar-refractivity contribution in [2.24, 2.45) is 0 Å². The Morgan fingerprint density at radius 3 is 2.53 bits per heavy atom. The monoisotopic (exact) mass is 479 g/mol. The number of ether oxygens (including phenoxy) is 1. The number of fused-ring (bicyclic) bond motifs is 1. The van der Waals surface area contributed by atoms with Crippen LogP contribution < -0.4 is 19.9 Å². The highest BCUT2D eigenvalue weighted by molar-refractivity contribution is 5.97. The first-order valence-corrected chi connectivity index (χ1v) is 11.1. The number of halogens is 2. The molecule has 5 nitrogen and oxygen atoms in total. The molecular weight excluding hydrogens is 445 g/mol. The number of benzene rings is 2. The first kappa shape index (κ1) is 26.3. The summed E-state index contributed by atoms with van der Waals surface area (Å²) >= 11 is 0. The molecule has 1 fully saturated rings. The summed E-state index contributed by atoms with van der Waals surface area (Å²) in [7, 11) is 4.04. The lowest BCUT2D eigenvalue weighted by Crippen LogP contribution is -2.47. The van der Waals surface area contributed by atoms with Gasteiger partial charge in [0.05, 0.1) is 17.8 Å². The number of nitrogens with zero attached hydrogens (tertiary/aromatic N) is 2. The van der Waals surface area contributed by atoms with Crippen LogP contribution in [0.1, 0.15) is 50.3 Å². The van der Waals surface area contributed by atoms with Gasteiger partial charge in [0, 0.05) is 32.2 Å². The van der Waals surface area contributed by atoms with Crippen molar-refractivity contribution in [3.05, 3.63) is 53.6 Å². The fraction of sp³-hybridized carbons (Fsp3) is 0.480. The number of hydrogen-bond acceptors (Lipinski definition) is 4. The predicted octanol–water partition coefficient (Wildman–Crippen LogP) is 5.16. The number of rotatable bonds is 5. The minimum Gasteiger partial charge on any atom is -0.489 e. The molecule has 176 valence electrons. The van der Waals surface area contributed by atoms with E-state index in [-0.39, 0.29) is 42.9 Å². The topological polar surface area (TPSA) is 44.8 Å². The quantitative estimate of drug-likeness (QED) is 0.643. The molecule has 0 radical (unpaired) electrons. The molecule has 4 rings (SSSR count). The van der Waals surface area contributed by atoms with Gasteiger partial charge in [-0.3, -0.25) is 4.79 Å². The Bertz CT molecular complexity index is 908. The number of nitrogens with one attached hydrogen (secondary N) is 1. The van der Waals surface area contributed by atoms with E-state index in [4.69, 9.17) is 4.74 Å². The van der Waals surface area contributed by atoms with Crippen LogP contribution in [0.15, 0.2) is 42.5 Å². The highest BCUT2D eigenvalue weighted by atomic mass is 35.5. The molecule has 1 amide bonds. The lowest BCUT2D eigenvalue weighted by atomic mass is 9.90. The minimum absolute atomic E-state index is 0. The molecular formula is C25H35Cl2N3O2. The highest BCUT2D eigenvalue weighted by Crippen LogP contribution is 2.41. The van der Waals surface area contributed by atoms with Gasteiger partial charge in [-0.05, 0) is 62.9 Å². The van der Waals surface area contributed by atoms with Crippen LogP contribution in [0.25, 0.3) is 0 Å². The van der Waals surface area contributed by atoms with E-state index in [0.717, 1.165) is 42.9 Å². The van der Waals surface area contributed by atoms with Gasteiger partial charge < -0.3 is 19.9 Å². The SMILES string of the molecule is CC(C)Oc1cc2c(cc1N(C)[C@H]1CCCN[C@H]1c1ccccc1)N(C)C(=O)CC2.Cl.Cl. The number of anilines is 2. The summed E-state index contributed by atoms with van der Waals surface area (Å²) in [6.07, 6.45) is 3.67. The average Bonchev–Trinajstić information content (AvgIpc) is 2.76. The molecule has 2 aromatic carbocycles. The van der Waals surface area contributed by atoms with E-state index in [1.165, 1.54) is 11.1 Å². The van der Waals surface area contributed by atoms with E-state index in [9.17, 15) is 4.79 Å². The maximum atomic E-state index is 12.3. The van der Waals surface area contributed by atoms with Gasteiger partial charge in [0.2, 0.25) is 5.91 Å². The molecule has 1 N–H and O–H groups in total. The molecule has 0 saturated carbocycles. The van der Waals surface area contributed by atoms with E-state index in [1.54, 1.807) is 4.90 Å². The largest absolute Gasteiger partial charge is 0.489 e. The lowest BCUT2D eigenvalue weighted by Gasteiger charge is -2.41. The van der Waals surface area contributed by atoms with Crippen molar-refractivity contribution >= 4 is 42.1 Å². The number of carbonyl (C=O) groups excluding carboxylic acids is 1. The van der Waals surface area contributed by atoms with Crippen molar-refractivity contribution in [3.8, 4) is 5.75 Å². The third-order valence-corrected chi connectivity index (χ3v) is 6.33. The Morgan fingerprint density at radius 1 is 1.12 bits per heavy atom. The van der Waals surface area contributed by atoms with Gasteiger partial charge in [0.15, 0.2) is 0 Å². The Balaban J connectivity index is 0.00000181. The van der Waals surface area contributed by atoms with Crippen molar-refractivity contribution in [1.82, 2.24) is 5.32 Å². The van der Waals surface area contributed by atoms with Crippen molar-refractivity contribution < 1.29 is 9.53 Å². The number of likely N-dealkylation sites (N-methyl/N-ethyl adjacent to an activating group) is 1. The first-order valence-electron chi connectivity index (χ1n) is 11.1. The van der Waals surface area contributed by atoms with Crippen molar-refractivity contribution in [1.29, 1.82) is 0 Å². The third kappa shape index (κ3) is 5.33. The second-order valence-electron chi connectivity index (χ2n) is 8.73. The molecule has 2 aliphatic heterocycles. The number of amides is 1. The van der Waals surface area contributed by atoms with Gasteiger partial charge in [-0.25, -0.2) is 0 Å². The maximum absolute atomic E-state index is 12.3. The Hall–Kier alpha value is -1.95. The fourth-order valence-corrected chi connectivity index (χ4v) is 4.75. The van der Waals surface area contributed by atoms with Gasteiger partial charge in [-0.2, -0.15) is 0 Å². The van der Waals surface area contributed by atoms with Crippen LogP contribution in [0.2, 0.25) is 0 Å². The van der Waals surface area contributed by atoms with Gasteiger partial charge in [-0.1, -0.05) is 30.3 Å². The Labute approximate surface area is 204 Å². The molecule has 2 aromatic rings. The van der Waals surface area contributed by atoms with Crippen LogP contribution >= 0.6 is 24.8 Å². The van der Waals surface area contributed by atoms with Gasteiger partial charge in [0.25, 0.3) is 0 Å². The van der Waals surface area contributed by atoms with E-state index in [0.29, 0.717) is 12.5 Å². The zero-order chi connectivity index (χ0) is 21.3. The number of aryl methyl sites for hydroxylation is 1. The third-order valence-electron chi connectivity index (χ3n) is 6.33. The van der Waals surface area contributed by atoms with Crippen LogP contribution in [0.5, 0.6) is 5.75 Å². The lowest BCUT2D eigenvalue weighted by molar-refractivity contribution is -0.118. The van der Waals surface area contributed by atoms with E-state index in [1.807, 2.05) is 7.05 Å². The summed E-state index contributed by atoms with van der Waals surface area (Å²) in [4.78, 5) is 16.5. The summed E-state index contributed by atoms with van der Waals surface area (Å²) in [5.41, 5.74) is 4.56. The molecule has 2 heterocycles. The van der Waals surface area contributed by atoms with Crippen LogP contribution in [-0.2, 0) is 11.2 Å². The summed E-state index contributed by atoms with van der Waals surface area (Å²) in [5, 5.41) is 3.73. The van der Waals surface area contributed by atoms with Crippen LogP contribution in [-0.4, -0.2) is 38.7 Å². The Morgan fingerprint density at radius 2 is 1.84 bits per heavy atom. The molecule has 1 saturated heterocycles. The predicted molar refractivity (Wildman–Crippen MR) is 137 cm³/mol. The van der Waals surface area contributed by atoms with Crippen molar-refractivity contribution in [2.45, 2.75) is 57.7 Å². The molecule has 7 heteroatoms. The van der Waals surface area contributed by atoms with Gasteiger partial charge >= 0.3 is 0 Å². The maximum Gasteiger partial charge on any atom is 0.227 e. The fourth-order valence-electron chi connectivity index (χ4n) is 4.75. The molecule has 2 aliphatic rings. The normalized spacial score (nSPS) is 20.2. The average molecular weight is 480 g/mol. The molecule has 2 atom stereocenters. The molecule has 0 aromatic heterocycles. The summed E-state index contributed by atoms with van der Waals surface area (Å²) in [6.45, 7) is 5.16. The molecule has 0 aliphatic carbocycles. The Kier molecular flexibility index (Phi) is 9.26. The number of piperidine rings is 1. The van der Waals surface area contributed by atoms with E-state index in [2.05, 4.69) is 73.6 Å². The van der Waals surface area contributed by atoms with Crippen LogP contribution in [0.4, 0.5) is 11.4 Å². The van der Waals surface area contributed by atoms with Crippen molar-refractivity contribution in [2.75, 3.05) is 30.4 Å². The first-order chi connectivity index (χ1) is 14.5. The standard InChI is InChI=1S/C25H33N3O2.2ClH/c1-17(2)30-23-15-19-12-13-24(29)28(4)21(19)16-22(23)27(3)20-11-8-14-26-25(20)18-9-6-5-7-10-18;;/h5-7,9-10,15-17,20,25-26H,8,11-14H2,1-4H3;2*1H/t20-,25-;;/m0../s1. The molecule has 0 unspecified atom stereocenters.